The average molecular weight is 325 g/mol. The minimum absolute atomic E-state index is 0. The van der Waals surface area contributed by atoms with Crippen LogP contribution in [0.5, 0.6) is 5.75 Å². The van der Waals surface area contributed by atoms with E-state index in [0.717, 1.165) is 30.7 Å². The molecule has 2 N–H and O–H groups in total. The number of benzene rings is 1. The Morgan fingerprint density at radius 3 is 2.82 bits per heavy atom. The molecule has 1 aromatic carbocycles. The van der Waals surface area contributed by atoms with Gasteiger partial charge in [0.15, 0.2) is 0 Å². The van der Waals surface area contributed by atoms with Gasteiger partial charge in [-0.25, -0.2) is 0 Å². The van der Waals surface area contributed by atoms with Crippen molar-refractivity contribution in [3.05, 3.63) is 29.8 Å². The Morgan fingerprint density at radius 2 is 2.05 bits per heavy atom. The number of carbonyl (C=O) groups is 1. The molecule has 5 heteroatoms. The molecule has 3 rings (SSSR count). The highest BCUT2D eigenvalue weighted by atomic mass is 35.5. The summed E-state index contributed by atoms with van der Waals surface area (Å²) in [4.78, 5) is 12.7. The number of hydrogen-bond donors (Lipinski definition) is 2. The molecule has 0 aromatic heterocycles. The molecule has 0 spiro atoms. The van der Waals surface area contributed by atoms with Gasteiger partial charge in [-0.2, -0.15) is 0 Å². The molecule has 0 radical (unpaired) electrons. The molecule has 1 saturated heterocycles. The van der Waals surface area contributed by atoms with Gasteiger partial charge in [-0.3, -0.25) is 4.79 Å². The van der Waals surface area contributed by atoms with Crippen molar-refractivity contribution in [2.24, 2.45) is 5.92 Å². The van der Waals surface area contributed by atoms with Crippen molar-refractivity contribution in [2.75, 3.05) is 13.2 Å². The molecule has 122 valence electrons. The average Bonchev–Trinajstić information content (AvgIpc) is 2.50. The van der Waals surface area contributed by atoms with Crippen LogP contribution in [0.1, 0.15) is 38.2 Å². The van der Waals surface area contributed by atoms with Crippen LogP contribution < -0.4 is 15.4 Å². The van der Waals surface area contributed by atoms with Crippen LogP contribution in [0.2, 0.25) is 0 Å². The van der Waals surface area contributed by atoms with Crippen LogP contribution in [0.4, 0.5) is 0 Å². The second kappa shape index (κ2) is 7.34. The summed E-state index contributed by atoms with van der Waals surface area (Å²) in [5.41, 5.74) is 1.02. The summed E-state index contributed by atoms with van der Waals surface area (Å²) in [6.07, 6.45) is 1.87. The van der Waals surface area contributed by atoms with Gasteiger partial charge in [0.1, 0.15) is 5.75 Å². The van der Waals surface area contributed by atoms with Crippen molar-refractivity contribution in [2.45, 2.75) is 44.7 Å². The molecule has 0 bridgehead atoms. The number of hydrogen-bond acceptors (Lipinski definition) is 3. The number of nitrogens with one attached hydrogen (secondary N) is 2. The van der Waals surface area contributed by atoms with Crippen molar-refractivity contribution in [3.63, 3.8) is 0 Å². The monoisotopic (exact) mass is 324 g/mol. The molecule has 22 heavy (non-hydrogen) atoms. The zero-order valence-electron chi connectivity index (χ0n) is 13.2. The van der Waals surface area contributed by atoms with Gasteiger partial charge < -0.3 is 15.4 Å². The molecule has 1 fully saturated rings. The Labute approximate surface area is 138 Å². The number of amides is 1. The van der Waals surface area contributed by atoms with Crippen molar-refractivity contribution < 1.29 is 9.53 Å². The maximum Gasteiger partial charge on any atom is 0.228 e. The SMILES string of the molecule is CC1CCNC(C)C1NC(=O)C1CCOc2ccccc21.Cl. The number of para-hydroxylation sites is 1. The largest absolute Gasteiger partial charge is 0.493 e. The van der Waals surface area contributed by atoms with Gasteiger partial charge >= 0.3 is 0 Å². The fraction of sp³-hybridized carbons (Fsp3) is 0.588. The number of piperidine rings is 1. The lowest BCUT2D eigenvalue weighted by molar-refractivity contribution is -0.124. The third kappa shape index (κ3) is 3.39. The van der Waals surface area contributed by atoms with E-state index >= 15 is 0 Å². The lowest BCUT2D eigenvalue weighted by Crippen LogP contribution is -2.56. The quantitative estimate of drug-likeness (QED) is 0.878. The Morgan fingerprint density at radius 1 is 1.27 bits per heavy atom. The molecule has 4 nitrogen and oxygen atoms in total. The van der Waals surface area contributed by atoms with Gasteiger partial charge in [0, 0.05) is 17.6 Å². The Kier molecular flexibility index (Phi) is 5.70. The summed E-state index contributed by atoms with van der Waals surface area (Å²) in [5.74, 6) is 1.42. The van der Waals surface area contributed by atoms with Crippen LogP contribution in [-0.2, 0) is 4.79 Å². The topological polar surface area (TPSA) is 50.4 Å². The minimum atomic E-state index is -0.0868. The second-order valence-corrected chi connectivity index (χ2v) is 6.27. The van der Waals surface area contributed by atoms with Gasteiger partial charge in [-0.1, -0.05) is 25.1 Å². The van der Waals surface area contributed by atoms with Gasteiger partial charge in [0.2, 0.25) is 5.91 Å². The summed E-state index contributed by atoms with van der Waals surface area (Å²) in [6.45, 7) is 6.02. The third-order valence-electron chi connectivity index (χ3n) is 4.80. The zero-order valence-corrected chi connectivity index (χ0v) is 14.0. The van der Waals surface area contributed by atoms with Crippen molar-refractivity contribution in [3.8, 4) is 5.75 Å². The number of rotatable bonds is 2. The van der Waals surface area contributed by atoms with Crippen LogP contribution in [0.25, 0.3) is 0 Å². The Bertz CT molecular complexity index is 513. The van der Waals surface area contributed by atoms with E-state index in [2.05, 4.69) is 24.5 Å². The van der Waals surface area contributed by atoms with Gasteiger partial charge in [0.25, 0.3) is 0 Å². The summed E-state index contributed by atoms with van der Waals surface area (Å²) in [6, 6.07) is 8.41. The smallest absolute Gasteiger partial charge is 0.228 e. The summed E-state index contributed by atoms with van der Waals surface area (Å²) in [5, 5.41) is 6.72. The number of fused-ring (bicyclic) bond motifs is 1. The van der Waals surface area contributed by atoms with E-state index in [4.69, 9.17) is 4.74 Å². The maximum absolute atomic E-state index is 12.7. The number of halogens is 1. The predicted molar refractivity (Wildman–Crippen MR) is 89.7 cm³/mol. The fourth-order valence-corrected chi connectivity index (χ4v) is 3.48. The first-order valence-corrected chi connectivity index (χ1v) is 7.92. The van der Waals surface area contributed by atoms with Crippen LogP contribution in [0, 0.1) is 5.92 Å². The van der Waals surface area contributed by atoms with Gasteiger partial charge in [-0.15, -0.1) is 12.4 Å². The molecular weight excluding hydrogens is 300 g/mol. The van der Waals surface area contributed by atoms with Crippen LogP contribution in [-0.4, -0.2) is 31.1 Å². The molecule has 4 unspecified atom stereocenters. The minimum Gasteiger partial charge on any atom is -0.493 e. The first-order valence-electron chi connectivity index (χ1n) is 7.92. The molecular formula is C17H25ClN2O2. The van der Waals surface area contributed by atoms with E-state index in [-0.39, 0.29) is 30.3 Å². The number of ether oxygens (including phenoxy) is 1. The maximum atomic E-state index is 12.7. The summed E-state index contributed by atoms with van der Waals surface area (Å²) < 4.78 is 5.64. The van der Waals surface area contributed by atoms with E-state index in [0.29, 0.717) is 18.6 Å². The molecule has 2 aliphatic rings. The molecule has 2 heterocycles. The van der Waals surface area contributed by atoms with Gasteiger partial charge in [-0.05, 0) is 38.3 Å². The summed E-state index contributed by atoms with van der Waals surface area (Å²) >= 11 is 0. The van der Waals surface area contributed by atoms with E-state index in [1.807, 2.05) is 24.3 Å². The molecule has 2 aliphatic heterocycles. The highest BCUT2D eigenvalue weighted by molar-refractivity contribution is 5.85. The lowest BCUT2D eigenvalue weighted by atomic mass is 9.87. The molecule has 0 aliphatic carbocycles. The predicted octanol–water partition coefficient (Wildman–Crippen LogP) is 2.48. The van der Waals surface area contributed by atoms with Crippen molar-refractivity contribution in [1.29, 1.82) is 0 Å². The standard InChI is InChI=1S/C17H24N2O2.ClH/c1-11-7-9-18-12(2)16(11)19-17(20)14-8-10-21-15-6-4-3-5-13(14)15;/h3-6,11-12,14,16,18H,7-10H2,1-2H3,(H,19,20);1H. The molecule has 1 aromatic rings. The van der Waals surface area contributed by atoms with E-state index < -0.39 is 0 Å². The molecule has 0 saturated carbocycles. The van der Waals surface area contributed by atoms with Gasteiger partial charge in [0.05, 0.1) is 12.5 Å². The Balaban J connectivity index is 0.00000176. The lowest BCUT2D eigenvalue weighted by Gasteiger charge is -2.37. The van der Waals surface area contributed by atoms with Crippen LogP contribution in [0.3, 0.4) is 0 Å². The first kappa shape index (κ1) is 17.1. The van der Waals surface area contributed by atoms with E-state index in [1.54, 1.807) is 0 Å². The molecule has 4 atom stereocenters. The fourth-order valence-electron chi connectivity index (χ4n) is 3.48. The van der Waals surface area contributed by atoms with Crippen LogP contribution in [0.15, 0.2) is 24.3 Å². The normalized spacial score (nSPS) is 30.5. The van der Waals surface area contributed by atoms with Crippen LogP contribution >= 0.6 is 12.4 Å². The highest BCUT2D eigenvalue weighted by Crippen LogP contribution is 2.33. The highest BCUT2D eigenvalue weighted by Gasteiger charge is 2.33. The van der Waals surface area contributed by atoms with Crippen molar-refractivity contribution >= 4 is 18.3 Å². The zero-order chi connectivity index (χ0) is 14.8. The second-order valence-electron chi connectivity index (χ2n) is 6.27. The van der Waals surface area contributed by atoms with E-state index in [1.165, 1.54) is 0 Å². The summed E-state index contributed by atoms with van der Waals surface area (Å²) in [7, 11) is 0. The van der Waals surface area contributed by atoms with Crippen molar-refractivity contribution in [1.82, 2.24) is 10.6 Å². The number of carbonyl (C=O) groups excluding carboxylic acids is 1. The third-order valence-corrected chi connectivity index (χ3v) is 4.80. The molecule has 1 amide bonds. The first-order chi connectivity index (χ1) is 10.2. The Hall–Kier alpha value is -1.26. The van der Waals surface area contributed by atoms with E-state index in [9.17, 15) is 4.79 Å².